The van der Waals surface area contributed by atoms with Crippen molar-refractivity contribution in [3.05, 3.63) is 35.6 Å². The molecule has 2 unspecified atom stereocenters. The van der Waals surface area contributed by atoms with Gasteiger partial charge in [-0.1, -0.05) is 12.1 Å². The Morgan fingerprint density at radius 1 is 1.11 bits per heavy atom. The second kappa shape index (κ2) is 3.39. The number of hydrogen-bond acceptors (Lipinski definition) is 3. The molecule has 4 bridgehead atoms. The fourth-order valence-corrected chi connectivity index (χ4v) is 3.93. The SMILES string of the molecule is O=C1C2CN3CN(C2)CC1(c1ccc(F)cc1)C3. The number of benzene rings is 1. The summed E-state index contributed by atoms with van der Waals surface area (Å²) in [5.74, 6) is 0.268. The molecule has 94 valence electrons. The molecule has 4 heteroatoms. The lowest BCUT2D eigenvalue weighted by molar-refractivity contribution is -0.153. The first kappa shape index (κ1) is 10.6. The molecule has 5 rings (SSSR count). The Kier molecular flexibility index (Phi) is 2.01. The lowest BCUT2D eigenvalue weighted by Gasteiger charge is -2.58. The molecule has 18 heavy (non-hydrogen) atoms. The van der Waals surface area contributed by atoms with Crippen LogP contribution in [-0.2, 0) is 10.2 Å². The molecule has 4 fully saturated rings. The maximum Gasteiger partial charge on any atom is 0.151 e. The molecule has 0 radical (unpaired) electrons. The molecule has 4 saturated heterocycles. The van der Waals surface area contributed by atoms with Gasteiger partial charge in [0.05, 0.1) is 12.1 Å². The summed E-state index contributed by atoms with van der Waals surface area (Å²) >= 11 is 0. The number of carbonyl (C=O) groups excluding carboxylic acids is 1. The van der Waals surface area contributed by atoms with Crippen LogP contribution < -0.4 is 0 Å². The van der Waals surface area contributed by atoms with Crippen molar-refractivity contribution in [2.75, 3.05) is 32.8 Å². The van der Waals surface area contributed by atoms with Gasteiger partial charge in [-0.2, -0.15) is 0 Å². The molecule has 1 aromatic carbocycles. The standard InChI is InChI=1S/C14H15FN2O/c15-12-3-1-11(2-4-12)14-7-16-5-10(13(14)18)6-17(8-14)9-16/h1-4,10H,5-9H2. The van der Waals surface area contributed by atoms with Crippen LogP contribution in [0.5, 0.6) is 0 Å². The maximum absolute atomic E-state index is 13.1. The lowest BCUT2D eigenvalue weighted by atomic mass is 9.65. The van der Waals surface area contributed by atoms with E-state index in [1.54, 1.807) is 12.1 Å². The highest BCUT2D eigenvalue weighted by molar-refractivity contribution is 5.95. The fraction of sp³-hybridized carbons (Fsp3) is 0.500. The predicted octanol–water partition coefficient (Wildman–Crippen LogP) is 0.851. The van der Waals surface area contributed by atoms with E-state index < -0.39 is 5.41 Å². The Hall–Kier alpha value is -1.26. The van der Waals surface area contributed by atoms with Gasteiger partial charge in [-0.15, -0.1) is 0 Å². The molecule has 1 aromatic rings. The molecule has 0 aromatic heterocycles. The van der Waals surface area contributed by atoms with Crippen LogP contribution in [0.3, 0.4) is 0 Å². The van der Waals surface area contributed by atoms with Gasteiger partial charge in [-0.05, 0) is 17.7 Å². The zero-order chi connectivity index (χ0) is 12.3. The van der Waals surface area contributed by atoms with Gasteiger partial charge in [0.1, 0.15) is 5.82 Å². The Morgan fingerprint density at radius 3 is 2.33 bits per heavy atom. The van der Waals surface area contributed by atoms with Gasteiger partial charge in [-0.25, -0.2) is 4.39 Å². The number of hydrogen-bond donors (Lipinski definition) is 0. The van der Waals surface area contributed by atoms with Gasteiger partial charge in [0, 0.05) is 32.1 Å². The number of nitrogens with zero attached hydrogens (tertiary/aromatic N) is 2. The van der Waals surface area contributed by atoms with Gasteiger partial charge in [0.15, 0.2) is 5.78 Å². The van der Waals surface area contributed by atoms with E-state index in [1.165, 1.54) is 12.1 Å². The van der Waals surface area contributed by atoms with Crippen molar-refractivity contribution in [1.82, 2.24) is 9.80 Å². The summed E-state index contributed by atoms with van der Waals surface area (Å²) < 4.78 is 13.1. The second-order valence-corrected chi connectivity index (χ2v) is 5.81. The van der Waals surface area contributed by atoms with Crippen LogP contribution in [0.1, 0.15) is 5.56 Å². The van der Waals surface area contributed by atoms with Crippen molar-refractivity contribution < 1.29 is 9.18 Å². The van der Waals surface area contributed by atoms with E-state index in [0.29, 0.717) is 5.78 Å². The van der Waals surface area contributed by atoms with Crippen LogP contribution in [0, 0.1) is 11.7 Å². The molecule has 0 N–H and O–H groups in total. The number of Topliss-reactive ketones (excluding diaryl/α,β-unsaturated/α-hetero) is 1. The minimum Gasteiger partial charge on any atom is -0.298 e. The Morgan fingerprint density at radius 2 is 1.72 bits per heavy atom. The predicted molar refractivity (Wildman–Crippen MR) is 64.6 cm³/mol. The van der Waals surface area contributed by atoms with Crippen molar-refractivity contribution >= 4 is 5.78 Å². The van der Waals surface area contributed by atoms with E-state index in [4.69, 9.17) is 0 Å². The lowest BCUT2D eigenvalue weighted by Crippen LogP contribution is -2.73. The molecular formula is C14H15FN2O. The maximum atomic E-state index is 13.1. The molecule has 0 aliphatic carbocycles. The number of carbonyl (C=O) groups is 1. The molecule has 2 atom stereocenters. The first-order valence-electron chi connectivity index (χ1n) is 6.42. The molecular weight excluding hydrogens is 231 g/mol. The molecule has 4 heterocycles. The summed E-state index contributed by atoms with van der Waals surface area (Å²) in [5.41, 5.74) is 0.570. The van der Waals surface area contributed by atoms with Gasteiger partial charge in [-0.3, -0.25) is 14.6 Å². The van der Waals surface area contributed by atoms with Gasteiger partial charge < -0.3 is 0 Å². The van der Waals surface area contributed by atoms with E-state index >= 15 is 0 Å². The highest BCUT2D eigenvalue weighted by Crippen LogP contribution is 2.41. The number of rotatable bonds is 1. The van der Waals surface area contributed by atoms with Gasteiger partial charge in [0.2, 0.25) is 0 Å². The van der Waals surface area contributed by atoms with Gasteiger partial charge in [0.25, 0.3) is 0 Å². The monoisotopic (exact) mass is 246 g/mol. The quantitative estimate of drug-likeness (QED) is 0.734. The summed E-state index contributed by atoms with van der Waals surface area (Å²) in [6.45, 7) is 4.37. The van der Waals surface area contributed by atoms with Crippen molar-refractivity contribution in [2.24, 2.45) is 5.92 Å². The third-order valence-electron chi connectivity index (χ3n) is 4.58. The van der Waals surface area contributed by atoms with Crippen molar-refractivity contribution in [3.8, 4) is 0 Å². The normalized spacial score (nSPS) is 41.4. The average Bonchev–Trinajstić information content (AvgIpc) is 2.35. The molecule has 0 saturated carbocycles. The van der Waals surface area contributed by atoms with Crippen LogP contribution in [0.15, 0.2) is 24.3 Å². The van der Waals surface area contributed by atoms with Crippen molar-refractivity contribution in [2.45, 2.75) is 5.41 Å². The van der Waals surface area contributed by atoms with Crippen LogP contribution in [0.2, 0.25) is 0 Å². The van der Waals surface area contributed by atoms with E-state index in [0.717, 1.165) is 38.4 Å². The third kappa shape index (κ3) is 1.27. The molecule has 3 nitrogen and oxygen atoms in total. The summed E-state index contributed by atoms with van der Waals surface area (Å²) in [6.07, 6.45) is 0. The zero-order valence-electron chi connectivity index (χ0n) is 10.1. The fourth-order valence-electron chi connectivity index (χ4n) is 3.93. The highest BCUT2D eigenvalue weighted by Gasteiger charge is 2.56. The van der Waals surface area contributed by atoms with Crippen LogP contribution in [-0.4, -0.2) is 48.4 Å². The minimum atomic E-state index is -0.410. The van der Waals surface area contributed by atoms with Crippen LogP contribution in [0.25, 0.3) is 0 Å². The molecule has 0 spiro atoms. The first-order chi connectivity index (χ1) is 8.67. The van der Waals surface area contributed by atoms with E-state index in [-0.39, 0.29) is 11.7 Å². The first-order valence-corrected chi connectivity index (χ1v) is 6.42. The third-order valence-corrected chi connectivity index (χ3v) is 4.58. The molecule has 0 amide bonds. The number of ketones is 1. The summed E-state index contributed by atoms with van der Waals surface area (Å²) in [4.78, 5) is 17.3. The summed E-state index contributed by atoms with van der Waals surface area (Å²) in [5, 5.41) is 0. The Bertz CT molecular complexity index is 499. The Balaban J connectivity index is 1.82. The van der Waals surface area contributed by atoms with Crippen LogP contribution in [0.4, 0.5) is 4.39 Å². The summed E-state index contributed by atoms with van der Waals surface area (Å²) in [7, 11) is 0. The molecule has 4 aliphatic heterocycles. The topological polar surface area (TPSA) is 23.6 Å². The largest absolute Gasteiger partial charge is 0.298 e. The smallest absolute Gasteiger partial charge is 0.151 e. The second-order valence-electron chi connectivity index (χ2n) is 5.81. The van der Waals surface area contributed by atoms with Crippen molar-refractivity contribution in [3.63, 3.8) is 0 Å². The number of piperidine rings is 2. The average molecular weight is 246 g/mol. The van der Waals surface area contributed by atoms with Crippen LogP contribution >= 0.6 is 0 Å². The Labute approximate surface area is 105 Å². The van der Waals surface area contributed by atoms with Gasteiger partial charge >= 0.3 is 0 Å². The molecule has 4 aliphatic rings. The van der Waals surface area contributed by atoms with E-state index in [9.17, 15) is 9.18 Å². The zero-order valence-corrected chi connectivity index (χ0v) is 10.1. The van der Waals surface area contributed by atoms with Crippen molar-refractivity contribution in [1.29, 1.82) is 0 Å². The minimum absolute atomic E-state index is 0.145. The van der Waals surface area contributed by atoms with E-state index in [2.05, 4.69) is 9.80 Å². The number of halogens is 1. The summed E-state index contributed by atoms with van der Waals surface area (Å²) in [6, 6.07) is 6.49. The highest BCUT2D eigenvalue weighted by atomic mass is 19.1. The van der Waals surface area contributed by atoms with E-state index in [1.807, 2.05) is 0 Å².